The predicted octanol–water partition coefficient (Wildman–Crippen LogP) is 2.11. The SMILES string of the molecule is CC(NC(=O)Cn1ccc(N)n1)c1ccccc1Br. The largest absolute Gasteiger partial charge is 0.382 e. The van der Waals surface area contributed by atoms with Gasteiger partial charge in [-0.15, -0.1) is 0 Å². The Bertz CT molecular complexity index is 582. The van der Waals surface area contributed by atoms with Gasteiger partial charge in [-0.3, -0.25) is 9.48 Å². The fourth-order valence-electron chi connectivity index (χ4n) is 1.80. The van der Waals surface area contributed by atoms with Gasteiger partial charge in [-0.05, 0) is 24.6 Å². The van der Waals surface area contributed by atoms with Crippen molar-refractivity contribution in [1.82, 2.24) is 15.1 Å². The Hall–Kier alpha value is -1.82. The molecule has 0 radical (unpaired) electrons. The van der Waals surface area contributed by atoms with E-state index in [1.165, 1.54) is 4.68 Å². The Morgan fingerprint density at radius 2 is 2.21 bits per heavy atom. The van der Waals surface area contributed by atoms with Gasteiger partial charge in [0, 0.05) is 10.7 Å². The van der Waals surface area contributed by atoms with Crippen molar-refractivity contribution >= 4 is 27.7 Å². The molecular weight excluding hydrogens is 308 g/mol. The maximum absolute atomic E-state index is 11.9. The van der Waals surface area contributed by atoms with Crippen LogP contribution >= 0.6 is 15.9 Å². The van der Waals surface area contributed by atoms with Gasteiger partial charge in [-0.1, -0.05) is 34.1 Å². The van der Waals surface area contributed by atoms with Crippen LogP contribution in [-0.2, 0) is 11.3 Å². The Labute approximate surface area is 119 Å². The number of carbonyl (C=O) groups is 1. The molecule has 0 fully saturated rings. The Morgan fingerprint density at radius 3 is 2.84 bits per heavy atom. The minimum atomic E-state index is -0.105. The van der Waals surface area contributed by atoms with Crippen LogP contribution < -0.4 is 11.1 Å². The van der Waals surface area contributed by atoms with Gasteiger partial charge >= 0.3 is 0 Å². The molecule has 1 heterocycles. The van der Waals surface area contributed by atoms with Crippen LogP contribution in [0.3, 0.4) is 0 Å². The summed E-state index contributed by atoms with van der Waals surface area (Å²) in [6.07, 6.45) is 1.68. The van der Waals surface area contributed by atoms with Crippen molar-refractivity contribution in [3.8, 4) is 0 Å². The van der Waals surface area contributed by atoms with Crippen LogP contribution in [0.2, 0.25) is 0 Å². The van der Waals surface area contributed by atoms with Crippen LogP contribution in [0.25, 0.3) is 0 Å². The molecule has 1 unspecified atom stereocenters. The molecule has 0 saturated carbocycles. The first-order valence-electron chi connectivity index (χ1n) is 5.89. The lowest BCUT2D eigenvalue weighted by Gasteiger charge is -2.15. The highest BCUT2D eigenvalue weighted by molar-refractivity contribution is 9.10. The maximum Gasteiger partial charge on any atom is 0.242 e. The molecule has 6 heteroatoms. The fraction of sp³-hybridized carbons (Fsp3) is 0.231. The van der Waals surface area contributed by atoms with Gasteiger partial charge < -0.3 is 11.1 Å². The Balaban J connectivity index is 1.97. The second-order valence-electron chi connectivity index (χ2n) is 4.25. The molecule has 0 aliphatic heterocycles. The van der Waals surface area contributed by atoms with Gasteiger partial charge in [-0.2, -0.15) is 5.10 Å². The molecule has 0 saturated heterocycles. The van der Waals surface area contributed by atoms with E-state index >= 15 is 0 Å². The standard InChI is InChI=1S/C13H15BrN4O/c1-9(10-4-2-3-5-11(10)14)16-13(19)8-18-7-6-12(15)17-18/h2-7,9H,8H2,1H3,(H2,15,17)(H,16,19). The average Bonchev–Trinajstić information content (AvgIpc) is 2.74. The maximum atomic E-state index is 11.9. The lowest BCUT2D eigenvalue weighted by molar-refractivity contribution is -0.122. The summed E-state index contributed by atoms with van der Waals surface area (Å²) in [6.45, 7) is 2.10. The lowest BCUT2D eigenvalue weighted by Crippen LogP contribution is -2.30. The summed E-state index contributed by atoms with van der Waals surface area (Å²) in [4.78, 5) is 11.9. The number of benzene rings is 1. The van der Waals surface area contributed by atoms with Crippen LogP contribution in [-0.4, -0.2) is 15.7 Å². The van der Waals surface area contributed by atoms with Crippen molar-refractivity contribution in [2.45, 2.75) is 19.5 Å². The average molecular weight is 323 g/mol. The van der Waals surface area contributed by atoms with E-state index in [1.807, 2.05) is 31.2 Å². The monoisotopic (exact) mass is 322 g/mol. The zero-order valence-corrected chi connectivity index (χ0v) is 12.1. The highest BCUT2D eigenvalue weighted by Crippen LogP contribution is 2.22. The Morgan fingerprint density at radius 1 is 1.47 bits per heavy atom. The second kappa shape index (κ2) is 5.88. The number of hydrogen-bond donors (Lipinski definition) is 2. The molecule has 0 bridgehead atoms. The van der Waals surface area contributed by atoms with Crippen molar-refractivity contribution in [3.63, 3.8) is 0 Å². The normalized spacial score (nSPS) is 12.1. The van der Waals surface area contributed by atoms with E-state index in [-0.39, 0.29) is 18.5 Å². The molecule has 0 aliphatic carbocycles. The molecule has 1 aromatic carbocycles. The molecule has 5 nitrogen and oxygen atoms in total. The molecule has 1 amide bonds. The van der Waals surface area contributed by atoms with Crippen molar-refractivity contribution < 1.29 is 4.79 Å². The van der Waals surface area contributed by atoms with Gasteiger partial charge in [0.15, 0.2) is 0 Å². The number of carbonyl (C=O) groups excluding carboxylic acids is 1. The third-order valence-electron chi connectivity index (χ3n) is 2.72. The number of nitrogens with two attached hydrogens (primary N) is 1. The number of hydrogen-bond acceptors (Lipinski definition) is 3. The summed E-state index contributed by atoms with van der Waals surface area (Å²) in [6, 6.07) is 9.39. The first kappa shape index (κ1) is 13.6. The van der Waals surface area contributed by atoms with Crippen LogP contribution in [0.15, 0.2) is 41.0 Å². The number of rotatable bonds is 4. The van der Waals surface area contributed by atoms with Crippen molar-refractivity contribution in [1.29, 1.82) is 0 Å². The third kappa shape index (κ3) is 3.57. The predicted molar refractivity (Wildman–Crippen MR) is 77.3 cm³/mol. The first-order valence-corrected chi connectivity index (χ1v) is 6.68. The van der Waals surface area contributed by atoms with Gasteiger partial charge in [0.25, 0.3) is 0 Å². The van der Waals surface area contributed by atoms with E-state index in [1.54, 1.807) is 12.3 Å². The van der Waals surface area contributed by atoms with Gasteiger partial charge in [0.05, 0.1) is 6.04 Å². The summed E-state index contributed by atoms with van der Waals surface area (Å²) in [7, 11) is 0. The van der Waals surface area contributed by atoms with Crippen LogP contribution in [0.1, 0.15) is 18.5 Å². The van der Waals surface area contributed by atoms with Crippen molar-refractivity contribution in [2.24, 2.45) is 0 Å². The number of nitrogens with one attached hydrogen (secondary N) is 1. The van der Waals surface area contributed by atoms with Crippen molar-refractivity contribution in [2.75, 3.05) is 5.73 Å². The quantitative estimate of drug-likeness (QED) is 0.905. The number of nitrogen functional groups attached to an aromatic ring is 1. The van der Waals surface area contributed by atoms with Gasteiger partial charge in [0.2, 0.25) is 5.91 Å². The molecule has 1 atom stereocenters. The van der Waals surface area contributed by atoms with E-state index in [2.05, 4.69) is 26.3 Å². The molecule has 2 rings (SSSR count). The minimum Gasteiger partial charge on any atom is -0.382 e. The highest BCUT2D eigenvalue weighted by Gasteiger charge is 2.12. The highest BCUT2D eigenvalue weighted by atomic mass is 79.9. The number of amides is 1. The fourth-order valence-corrected chi connectivity index (χ4v) is 2.43. The smallest absolute Gasteiger partial charge is 0.242 e. The summed E-state index contributed by atoms with van der Waals surface area (Å²) < 4.78 is 2.49. The number of anilines is 1. The van der Waals surface area contributed by atoms with Crippen LogP contribution in [0.5, 0.6) is 0 Å². The van der Waals surface area contributed by atoms with Crippen molar-refractivity contribution in [3.05, 3.63) is 46.6 Å². The summed E-state index contributed by atoms with van der Waals surface area (Å²) in [5.41, 5.74) is 6.53. The topological polar surface area (TPSA) is 72.9 Å². The molecule has 1 aromatic heterocycles. The molecule has 3 N–H and O–H groups in total. The number of nitrogens with zero attached hydrogens (tertiary/aromatic N) is 2. The van der Waals surface area contributed by atoms with E-state index in [0.29, 0.717) is 5.82 Å². The van der Waals surface area contributed by atoms with E-state index in [0.717, 1.165) is 10.0 Å². The minimum absolute atomic E-state index is 0.0732. The lowest BCUT2D eigenvalue weighted by atomic mass is 10.1. The first-order chi connectivity index (χ1) is 9.06. The summed E-state index contributed by atoms with van der Waals surface area (Å²) in [5.74, 6) is 0.304. The third-order valence-corrected chi connectivity index (χ3v) is 3.44. The van der Waals surface area contributed by atoms with E-state index in [9.17, 15) is 4.79 Å². The second-order valence-corrected chi connectivity index (χ2v) is 5.10. The van der Waals surface area contributed by atoms with Crippen LogP contribution in [0, 0.1) is 0 Å². The summed E-state index contributed by atoms with van der Waals surface area (Å²) in [5, 5.41) is 6.90. The Kier molecular flexibility index (Phi) is 4.21. The molecule has 0 spiro atoms. The zero-order chi connectivity index (χ0) is 13.8. The summed E-state index contributed by atoms with van der Waals surface area (Å²) >= 11 is 3.47. The molecule has 100 valence electrons. The van der Waals surface area contributed by atoms with E-state index in [4.69, 9.17) is 5.73 Å². The molecule has 0 aliphatic rings. The number of halogens is 1. The molecular formula is C13H15BrN4O. The zero-order valence-electron chi connectivity index (χ0n) is 10.5. The molecule has 19 heavy (non-hydrogen) atoms. The van der Waals surface area contributed by atoms with Crippen LogP contribution in [0.4, 0.5) is 5.82 Å². The molecule has 2 aromatic rings. The van der Waals surface area contributed by atoms with E-state index < -0.39 is 0 Å². The van der Waals surface area contributed by atoms with Gasteiger partial charge in [0.1, 0.15) is 12.4 Å². The van der Waals surface area contributed by atoms with Gasteiger partial charge in [-0.25, -0.2) is 0 Å². The number of aromatic nitrogens is 2.